The smallest absolute Gasteiger partial charge is 0.255 e. The average Bonchev–Trinajstić information content (AvgIpc) is 3.07. The van der Waals surface area contributed by atoms with Crippen LogP contribution in [0.4, 0.5) is 10.1 Å². The van der Waals surface area contributed by atoms with Gasteiger partial charge < -0.3 is 20.2 Å². The van der Waals surface area contributed by atoms with E-state index in [0.717, 1.165) is 6.07 Å². The van der Waals surface area contributed by atoms with Gasteiger partial charge in [0, 0.05) is 11.1 Å². The molecule has 6 nitrogen and oxygen atoms in total. The first-order valence-electron chi connectivity index (χ1n) is 7.78. The van der Waals surface area contributed by atoms with Crippen molar-refractivity contribution in [2.24, 2.45) is 5.41 Å². The van der Waals surface area contributed by atoms with Crippen LogP contribution in [0.25, 0.3) is 0 Å². The van der Waals surface area contributed by atoms with Crippen molar-refractivity contribution in [1.82, 2.24) is 5.32 Å². The minimum atomic E-state index is -0.797. The Bertz CT molecular complexity index is 751. The molecule has 1 aromatic heterocycles. The second kappa shape index (κ2) is 7.48. The number of anilines is 1. The number of halogens is 1. The molecule has 2 aromatic rings. The molecular formula is C18H21FN2O4. The molecule has 0 aliphatic carbocycles. The predicted molar refractivity (Wildman–Crippen MR) is 90.5 cm³/mol. The van der Waals surface area contributed by atoms with Crippen LogP contribution in [0.15, 0.2) is 41.0 Å². The van der Waals surface area contributed by atoms with E-state index in [9.17, 15) is 19.1 Å². The number of aliphatic hydroxyl groups is 1. The minimum Gasteiger partial charge on any atom is -0.467 e. The molecule has 0 bridgehead atoms. The van der Waals surface area contributed by atoms with Crippen molar-refractivity contribution in [3.8, 4) is 0 Å². The van der Waals surface area contributed by atoms with Crippen molar-refractivity contribution in [2.45, 2.75) is 26.8 Å². The fourth-order valence-electron chi connectivity index (χ4n) is 2.03. The van der Waals surface area contributed by atoms with Gasteiger partial charge in [-0.15, -0.1) is 0 Å². The highest BCUT2D eigenvalue weighted by atomic mass is 19.1. The van der Waals surface area contributed by atoms with E-state index in [1.165, 1.54) is 18.4 Å². The summed E-state index contributed by atoms with van der Waals surface area (Å²) in [6.45, 7) is 4.83. The van der Waals surface area contributed by atoms with E-state index in [2.05, 4.69) is 10.6 Å². The highest BCUT2D eigenvalue weighted by Gasteiger charge is 2.23. The molecule has 2 amide bonds. The van der Waals surface area contributed by atoms with E-state index in [1.807, 2.05) is 0 Å². The van der Waals surface area contributed by atoms with Gasteiger partial charge in [0.2, 0.25) is 5.91 Å². The Balaban J connectivity index is 2.19. The third-order valence-electron chi connectivity index (χ3n) is 3.52. The summed E-state index contributed by atoms with van der Waals surface area (Å²) in [7, 11) is 0. The number of amides is 2. The SMILES string of the molecule is CC(C)(C)C(=O)Nc1ccc(F)c(C(=O)NC(CO)c2ccco2)c1. The molecular weight excluding hydrogens is 327 g/mol. The van der Waals surface area contributed by atoms with Crippen molar-refractivity contribution in [3.63, 3.8) is 0 Å². The molecule has 0 aliphatic rings. The normalized spacial score (nSPS) is 12.5. The van der Waals surface area contributed by atoms with Gasteiger partial charge in [-0.25, -0.2) is 4.39 Å². The number of carbonyl (C=O) groups is 2. The van der Waals surface area contributed by atoms with Crippen LogP contribution in [0, 0.1) is 11.2 Å². The summed E-state index contributed by atoms with van der Waals surface area (Å²) in [5.41, 5.74) is -0.556. The van der Waals surface area contributed by atoms with Gasteiger partial charge in [-0.1, -0.05) is 20.8 Å². The topological polar surface area (TPSA) is 91.6 Å². The number of benzene rings is 1. The summed E-state index contributed by atoms with van der Waals surface area (Å²) in [5, 5.41) is 14.5. The first kappa shape index (κ1) is 18.7. The Hall–Kier alpha value is -2.67. The van der Waals surface area contributed by atoms with Crippen LogP contribution in [-0.4, -0.2) is 23.5 Å². The molecule has 1 aromatic carbocycles. The van der Waals surface area contributed by atoms with E-state index in [-0.39, 0.29) is 11.5 Å². The van der Waals surface area contributed by atoms with Gasteiger partial charge in [0.05, 0.1) is 18.4 Å². The summed E-state index contributed by atoms with van der Waals surface area (Å²) >= 11 is 0. The lowest BCUT2D eigenvalue weighted by Crippen LogP contribution is -2.31. The molecule has 0 fully saturated rings. The van der Waals surface area contributed by atoms with Gasteiger partial charge >= 0.3 is 0 Å². The fourth-order valence-corrected chi connectivity index (χ4v) is 2.03. The van der Waals surface area contributed by atoms with Crippen molar-refractivity contribution >= 4 is 17.5 Å². The van der Waals surface area contributed by atoms with Crippen LogP contribution in [0.1, 0.15) is 42.9 Å². The molecule has 7 heteroatoms. The molecule has 0 aliphatic heterocycles. The van der Waals surface area contributed by atoms with Crippen LogP contribution in [0.5, 0.6) is 0 Å². The lowest BCUT2D eigenvalue weighted by atomic mass is 9.95. The zero-order valence-electron chi connectivity index (χ0n) is 14.3. The van der Waals surface area contributed by atoms with E-state index >= 15 is 0 Å². The maximum Gasteiger partial charge on any atom is 0.255 e. The standard InChI is InChI=1S/C18H21FN2O4/c1-18(2,3)17(24)20-11-6-7-13(19)12(9-11)16(23)21-14(10-22)15-5-4-8-25-15/h4-9,14,22H,10H2,1-3H3,(H,20,24)(H,21,23). The maximum absolute atomic E-state index is 14.0. The monoisotopic (exact) mass is 348 g/mol. The minimum absolute atomic E-state index is 0.239. The van der Waals surface area contributed by atoms with Gasteiger partial charge in [-0.05, 0) is 30.3 Å². The average molecular weight is 348 g/mol. The number of furan rings is 1. The molecule has 1 heterocycles. The van der Waals surface area contributed by atoms with E-state index in [1.54, 1.807) is 32.9 Å². The molecule has 1 unspecified atom stereocenters. The lowest BCUT2D eigenvalue weighted by molar-refractivity contribution is -0.123. The Morgan fingerprint density at radius 2 is 2.00 bits per heavy atom. The maximum atomic E-state index is 14.0. The van der Waals surface area contributed by atoms with Gasteiger partial charge in [0.15, 0.2) is 0 Å². The molecule has 0 radical (unpaired) electrons. The molecule has 3 N–H and O–H groups in total. The molecule has 134 valence electrons. The van der Waals surface area contributed by atoms with Gasteiger partial charge in [-0.2, -0.15) is 0 Å². The summed E-state index contributed by atoms with van der Waals surface area (Å²) < 4.78 is 19.2. The molecule has 2 rings (SSSR count). The largest absolute Gasteiger partial charge is 0.467 e. The van der Waals surface area contributed by atoms with Crippen molar-refractivity contribution in [3.05, 3.63) is 53.7 Å². The summed E-state index contributed by atoms with van der Waals surface area (Å²) in [4.78, 5) is 24.4. The second-order valence-electron chi connectivity index (χ2n) is 6.62. The molecule has 25 heavy (non-hydrogen) atoms. The number of carbonyl (C=O) groups excluding carboxylic acids is 2. The third kappa shape index (κ3) is 4.67. The Labute approximate surface area is 145 Å². The van der Waals surface area contributed by atoms with Crippen molar-refractivity contribution in [1.29, 1.82) is 0 Å². The van der Waals surface area contributed by atoms with Crippen LogP contribution in [0.2, 0.25) is 0 Å². The van der Waals surface area contributed by atoms with E-state index < -0.39 is 29.8 Å². The number of hydrogen-bond donors (Lipinski definition) is 3. The highest BCUT2D eigenvalue weighted by Crippen LogP contribution is 2.21. The van der Waals surface area contributed by atoms with Crippen molar-refractivity contribution in [2.75, 3.05) is 11.9 Å². The Morgan fingerprint density at radius 1 is 1.28 bits per heavy atom. The number of rotatable bonds is 5. The number of aliphatic hydroxyl groups excluding tert-OH is 1. The molecule has 1 atom stereocenters. The summed E-state index contributed by atoms with van der Waals surface area (Å²) in [6, 6.07) is 6.16. The molecule has 0 saturated carbocycles. The zero-order chi connectivity index (χ0) is 18.6. The molecule has 0 saturated heterocycles. The van der Waals surface area contributed by atoms with Crippen LogP contribution >= 0.6 is 0 Å². The van der Waals surface area contributed by atoms with E-state index in [0.29, 0.717) is 11.4 Å². The lowest BCUT2D eigenvalue weighted by Gasteiger charge is -2.18. The third-order valence-corrected chi connectivity index (χ3v) is 3.52. The van der Waals surface area contributed by atoms with Gasteiger partial charge in [0.1, 0.15) is 17.6 Å². The highest BCUT2D eigenvalue weighted by molar-refractivity contribution is 5.98. The van der Waals surface area contributed by atoms with Crippen LogP contribution in [0.3, 0.4) is 0 Å². The van der Waals surface area contributed by atoms with Crippen LogP contribution in [-0.2, 0) is 4.79 Å². The van der Waals surface area contributed by atoms with Crippen molar-refractivity contribution < 1.29 is 23.5 Å². The number of nitrogens with one attached hydrogen (secondary N) is 2. The summed E-state index contributed by atoms with van der Waals surface area (Å²) in [5.74, 6) is -1.36. The Kier molecular flexibility index (Phi) is 5.58. The Morgan fingerprint density at radius 3 is 2.56 bits per heavy atom. The van der Waals surface area contributed by atoms with E-state index in [4.69, 9.17) is 4.42 Å². The van der Waals surface area contributed by atoms with Crippen LogP contribution < -0.4 is 10.6 Å². The van der Waals surface area contributed by atoms with Gasteiger partial charge in [-0.3, -0.25) is 9.59 Å². The molecule has 0 spiro atoms. The quantitative estimate of drug-likeness (QED) is 0.775. The fraction of sp³-hybridized carbons (Fsp3) is 0.333. The predicted octanol–water partition coefficient (Wildman–Crippen LogP) is 2.87. The first-order chi connectivity index (χ1) is 11.7. The number of hydrogen-bond acceptors (Lipinski definition) is 4. The first-order valence-corrected chi connectivity index (χ1v) is 7.78. The summed E-state index contributed by atoms with van der Waals surface area (Å²) in [6.07, 6.45) is 1.41. The van der Waals surface area contributed by atoms with Gasteiger partial charge in [0.25, 0.3) is 5.91 Å². The zero-order valence-corrected chi connectivity index (χ0v) is 14.3. The second-order valence-corrected chi connectivity index (χ2v) is 6.62.